The van der Waals surface area contributed by atoms with Crippen molar-refractivity contribution in [3.63, 3.8) is 0 Å². The van der Waals surface area contributed by atoms with E-state index in [1.54, 1.807) is 0 Å². The van der Waals surface area contributed by atoms with Gasteiger partial charge in [0.2, 0.25) is 0 Å². The highest BCUT2D eigenvalue weighted by Gasteiger charge is 2.29. The first kappa shape index (κ1) is 12.7. The van der Waals surface area contributed by atoms with Gasteiger partial charge in [-0.1, -0.05) is 26.8 Å². The summed E-state index contributed by atoms with van der Waals surface area (Å²) in [5, 5.41) is 6.34. The van der Waals surface area contributed by atoms with E-state index >= 15 is 0 Å². The predicted octanol–water partition coefficient (Wildman–Crippen LogP) is 5.01. The summed E-state index contributed by atoms with van der Waals surface area (Å²) >= 11 is 0. The Hall–Kier alpha value is -1.31. The summed E-state index contributed by atoms with van der Waals surface area (Å²) in [4.78, 5) is 0. The lowest BCUT2D eigenvalue weighted by atomic mass is 10.00. The zero-order valence-electron chi connectivity index (χ0n) is 12.5. The number of rotatable bonds is 4. The second kappa shape index (κ2) is 4.66. The molecule has 0 amide bonds. The zero-order valence-corrected chi connectivity index (χ0v) is 12.5. The number of hydrogen-bond donors (Lipinski definition) is 0. The van der Waals surface area contributed by atoms with Crippen LogP contribution in [0.4, 0.5) is 0 Å². The Morgan fingerprint density at radius 3 is 2.58 bits per heavy atom. The van der Waals surface area contributed by atoms with Crippen LogP contribution in [0.25, 0.3) is 10.9 Å². The lowest BCUT2D eigenvalue weighted by molar-refractivity contribution is 0.488. The molecule has 1 aliphatic carbocycles. The van der Waals surface area contributed by atoms with Crippen molar-refractivity contribution >= 4 is 10.9 Å². The van der Waals surface area contributed by atoms with E-state index in [1.165, 1.54) is 35.0 Å². The van der Waals surface area contributed by atoms with E-state index in [9.17, 15) is 0 Å². The van der Waals surface area contributed by atoms with Crippen LogP contribution in [-0.4, -0.2) is 9.78 Å². The van der Waals surface area contributed by atoms with Crippen LogP contribution in [0.2, 0.25) is 0 Å². The highest BCUT2D eigenvalue weighted by molar-refractivity contribution is 5.84. The molecule has 0 radical (unpaired) electrons. The molecule has 2 nitrogen and oxygen atoms in total. The molecule has 1 fully saturated rings. The molecule has 0 aliphatic heterocycles. The standard InChI is InChI=1S/C17H24N2/c1-5-12(4)19-16-9-8-14(11(2)3)10-15(16)17(18-19)13-6-7-13/h8-13H,5-7H2,1-4H3/t12-/m1/s1. The van der Waals surface area contributed by atoms with Crippen LogP contribution in [0.15, 0.2) is 18.2 Å². The van der Waals surface area contributed by atoms with Gasteiger partial charge >= 0.3 is 0 Å². The Balaban J connectivity index is 2.18. The predicted molar refractivity (Wildman–Crippen MR) is 80.8 cm³/mol. The minimum Gasteiger partial charge on any atom is -0.262 e. The molecule has 2 aromatic rings. The van der Waals surface area contributed by atoms with E-state index in [1.807, 2.05) is 0 Å². The van der Waals surface area contributed by atoms with Crippen LogP contribution < -0.4 is 0 Å². The van der Waals surface area contributed by atoms with Crippen molar-refractivity contribution in [2.75, 3.05) is 0 Å². The largest absolute Gasteiger partial charge is 0.262 e. The van der Waals surface area contributed by atoms with Gasteiger partial charge in [0.1, 0.15) is 0 Å². The average molecular weight is 256 g/mol. The van der Waals surface area contributed by atoms with E-state index in [0.717, 1.165) is 12.3 Å². The van der Waals surface area contributed by atoms with E-state index in [0.29, 0.717) is 12.0 Å². The number of aromatic nitrogens is 2. The lowest BCUT2D eigenvalue weighted by Crippen LogP contribution is -2.05. The third-order valence-corrected chi connectivity index (χ3v) is 4.40. The second-order valence-electron chi connectivity index (χ2n) is 6.29. The Morgan fingerprint density at radius 1 is 1.26 bits per heavy atom. The molecule has 1 saturated carbocycles. The van der Waals surface area contributed by atoms with Crippen LogP contribution in [-0.2, 0) is 0 Å². The number of fused-ring (bicyclic) bond motifs is 1. The van der Waals surface area contributed by atoms with Crippen LogP contribution in [0.5, 0.6) is 0 Å². The first-order chi connectivity index (χ1) is 9.11. The average Bonchev–Trinajstić information content (AvgIpc) is 3.18. The number of nitrogens with zero attached hydrogens (tertiary/aromatic N) is 2. The summed E-state index contributed by atoms with van der Waals surface area (Å²) in [6, 6.07) is 7.40. The monoisotopic (exact) mass is 256 g/mol. The van der Waals surface area contributed by atoms with E-state index < -0.39 is 0 Å². The molecule has 19 heavy (non-hydrogen) atoms. The molecule has 102 valence electrons. The molecule has 1 atom stereocenters. The Kier molecular flexibility index (Phi) is 3.12. The number of hydrogen-bond acceptors (Lipinski definition) is 1. The van der Waals surface area contributed by atoms with Gasteiger partial charge in [-0.25, -0.2) is 0 Å². The van der Waals surface area contributed by atoms with Gasteiger partial charge in [0.05, 0.1) is 11.2 Å². The summed E-state index contributed by atoms with van der Waals surface area (Å²) in [6.45, 7) is 9.02. The van der Waals surface area contributed by atoms with Crippen molar-refractivity contribution in [1.29, 1.82) is 0 Å². The Labute approximate surface area is 115 Å². The van der Waals surface area contributed by atoms with Crippen LogP contribution in [0, 0.1) is 0 Å². The topological polar surface area (TPSA) is 17.8 Å². The zero-order chi connectivity index (χ0) is 13.6. The van der Waals surface area contributed by atoms with Crippen LogP contribution >= 0.6 is 0 Å². The highest BCUT2D eigenvalue weighted by Crippen LogP contribution is 2.43. The fourth-order valence-corrected chi connectivity index (χ4v) is 2.71. The summed E-state index contributed by atoms with van der Waals surface area (Å²) in [7, 11) is 0. The van der Waals surface area contributed by atoms with Gasteiger partial charge in [-0.2, -0.15) is 5.10 Å². The number of benzene rings is 1. The van der Waals surface area contributed by atoms with Crippen molar-refractivity contribution in [2.24, 2.45) is 0 Å². The summed E-state index contributed by atoms with van der Waals surface area (Å²) < 4.78 is 2.24. The van der Waals surface area contributed by atoms with Gasteiger partial charge in [-0.05, 0) is 49.8 Å². The molecule has 0 bridgehead atoms. The van der Waals surface area contributed by atoms with Gasteiger partial charge in [-0.15, -0.1) is 0 Å². The maximum Gasteiger partial charge on any atom is 0.0734 e. The molecule has 1 heterocycles. The van der Waals surface area contributed by atoms with Crippen molar-refractivity contribution < 1.29 is 0 Å². The maximum absolute atomic E-state index is 4.94. The van der Waals surface area contributed by atoms with Crippen molar-refractivity contribution in [2.45, 2.75) is 64.8 Å². The molecule has 1 aromatic carbocycles. The maximum atomic E-state index is 4.94. The third kappa shape index (κ3) is 2.18. The molecule has 0 saturated heterocycles. The van der Waals surface area contributed by atoms with Crippen LogP contribution in [0.3, 0.4) is 0 Å². The summed E-state index contributed by atoms with van der Waals surface area (Å²) in [5.74, 6) is 1.30. The normalized spacial score (nSPS) is 17.3. The molecule has 0 spiro atoms. The molecular formula is C17H24N2. The highest BCUT2D eigenvalue weighted by atomic mass is 15.3. The quantitative estimate of drug-likeness (QED) is 0.752. The molecule has 1 aromatic heterocycles. The van der Waals surface area contributed by atoms with E-state index in [-0.39, 0.29) is 0 Å². The van der Waals surface area contributed by atoms with Gasteiger partial charge in [0.25, 0.3) is 0 Å². The molecule has 1 aliphatic rings. The molecular weight excluding hydrogens is 232 g/mol. The third-order valence-electron chi connectivity index (χ3n) is 4.40. The van der Waals surface area contributed by atoms with Crippen molar-refractivity contribution in [3.05, 3.63) is 29.5 Å². The minimum atomic E-state index is 0.486. The van der Waals surface area contributed by atoms with Gasteiger partial charge in [0.15, 0.2) is 0 Å². The minimum absolute atomic E-state index is 0.486. The van der Waals surface area contributed by atoms with Gasteiger partial charge in [-0.3, -0.25) is 4.68 Å². The van der Waals surface area contributed by atoms with Crippen molar-refractivity contribution in [1.82, 2.24) is 9.78 Å². The molecule has 0 N–H and O–H groups in total. The fourth-order valence-electron chi connectivity index (χ4n) is 2.71. The first-order valence-corrected chi connectivity index (χ1v) is 7.63. The molecule has 3 rings (SSSR count). The van der Waals surface area contributed by atoms with Crippen molar-refractivity contribution in [3.8, 4) is 0 Å². The fraction of sp³-hybridized carbons (Fsp3) is 0.588. The smallest absolute Gasteiger partial charge is 0.0734 e. The first-order valence-electron chi connectivity index (χ1n) is 7.63. The van der Waals surface area contributed by atoms with Gasteiger partial charge < -0.3 is 0 Å². The Morgan fingerprint density at radius 2 is 2.00 bits per heavy atom. The van der Waals surface area contributed by atoms with Crippen LogP contribution in [0.1, 0.15) is 76.1 Å². The molecule has 2 heteroatoms. The summed E-state index contributed by atoms with van der Waals surface area (Å²) in [5.41, 5.74) is 4.09. The van der Waals surface area contributed by atoms with E-state index in [4.69, 9.17) is 5.10 Å². The second-order valence-corrected chi connectivity index (χ2v) is 6.29. The lowest BCUT2D eigenvalue weighted by Gasteiger charge is -2.11. The Bertz CT molecular complexity index is 591. The summed E-state index contributed by atoms with van der Waals surface area (Å²) in [6.07, 6.45) is 3.77. The van der Waals surface area contributed by atoms with Gasteiger partial charge in [0, 0.05) is 17.3 Å². The molecule has 0 unspecified atom stereocenters. The SMILES string of the molecule is CC[C@@H](C)n1nc(C2CC2)c2cc(C(C)C)ccc21. The van der Waals surface area contributed by atoms with E-state index in [2.05, 4.69) is 50.6 Å².